The maximum Gasteiger partial charge on any atom is 0.236 e. The molecule has 3 aliphatic rings. The highest BCUT2D eigenvalue weighted by atomic mass is 16.5. The Morgan fingerprint density at radius 2 is 2.29 bits per heavy atom. The Kier molecular flexibility index (Phi) is 3.49. The van der Waals surface area contributed by atoms with Crippen LogP contribution in [0, 0.1) is 6.92 Å². The quantitative estimate of drug-likeness (QED) is 0.806. The van der Waals surface area contributed by atoms with Crippen LogP contribution in [0.1, 0.15) is 36.5 Å². The molecular weight excluding hydrogens is 302 g/mol. The third-order valence-corrected chi connectivity index (χ3v) is 5.31. The monoisotopic (exact) mass is 325 g/mol. The molecule has 1 aromatic rings. The number of hydrazone groups is 1. The third-order valence-electron chi connectivity index (χ3n) is 5.31. The van der Waals surface area contributed by atoms with Crippen molar-refractivity contribution >= 4 is 11.6 Å². The molecule has 5 heteroatoms. The third kappa shape index (κ3) is 2.35. The van der Waals surface area contributed by atoms with Gasteiger partial charge in [-0.05, 0) is 50.2 Å². The van der Waals surface area contributed by atoms with Crippen LogP contribution in [0.15, 0.2) is 29.4 Å². The molecule has 0 radical (unpaired) electrons. The Labute approximate surface area is 142 Å². The zero-order chi connectivity index (χ0) is 16.9. The lowest BCUT2D eigenvalue weighted by atomic mass is 9.69. The molecule has 4 rings (SSSR count). The van der Waals surface area contributed by atoms with Crippen molar-refractivity contribution in [1.29, 1.82) is 0 Å². The number of rotatable bonds is 1. The van der Waals surface area contributed by atoms with Crippen LogP contribution < -0.4 is 10.2 Å². The summed E-state index contributed by atoms with van der Waals surface area (Å²) in [5.41, 5.74) is 7.30. The van der Waals surface area contributed by atoms with Crippen molar-refractivity contribution in [1.82, 2.24) is 10.3 Å². The second kappa shape index (κ2) is 5.45. The number of carbonyl (C=O) groups excluding carboxylic acids is 1. The summed E-state index contributed by atoms with van der Waals surface area (Å²) in [6.07, 6.45) is 6.12. The number of hydrogen-bond acceptors (Lipinski definition) is 4. The van der Waals surface area contributed by atoms with E-state index in [0.717, 1.165) is 31.0 Å². The Bertz CT molecular complexity index is 768. The van der Waals surface area contributed by atoms with Crippen LogP contribution in [-0.4, -0.2) is 36.2 Å². The predicted molar refractivity (Wildman–Crippen MR) is 93.2 cm³/mol. The molecule has 2 atom stereocenters. The van der Waals surface area contributed by atoms with Crippen LogP contribution >= 0.6 is 0 Å². The fraction of sp³-hybridized carbons (Fsp3) is 0.474. The first-order chi connectivity index (χ1) is 11.5. The topological polar surface area (TPSA) is 53.9 Å². The average Bonchev–Trinajstić information content (AvgIpc) is 2.76. The molecule has 126 valence electrons. The highest BCUT2D eigenvalue weighted by Gasteiger charge is 2.51. The van der Waals surface area contributed by atoms with Gasteiger partial charge in [0.15, 0.2) is 0 Å². The van der Waals surface area contributed by atoms with Crippen LogP contribution in [0.5, 0.6) is 5.75 Å². The van der Waals surface area contributed by atoms with E-state index in [1.807, 2.05) is 0 Å². The van der Waals surface area contributed by atoms with Crippen molar-refractivity contribution in [2.75, 3.05) is 13.6 Å². The van der Waals surface area contributed by atoms with Crippen molar-refractivity contribution in [2.45, 2.75) is 44.8 Å². The molecule has 1 spiro atoms. The lowest BCUT2D eigenvalue weighted by molar-refractivity contribution is -0.118. The summed E-state index contributed by atoms with van der Waals surface area (Å²) in [4.78, 5) is 13.5. The summed E-state index contributed by atoms with van der Waals surface area (Å²) in [5, 5.41) is 4.21. The molecular formula is C19H23N3O2. The first-order valence-corrected chi connectivity index (χ1v) is 8.49. The van der Waals surface area contributed by atoms with Gasteiger partial charge in [-0.1, -0.05) is 12.1 Å². The minimum atomic E-state index is -0.152. The van der Waals surface area contributed by atoms with Crippen LogP contribution in [0.4, 0.5) is 0 Å². The van der Waals surface area contributed by atoms with E-state index in [4.69, 9.17) is 4.74 Å². The zero-order valence-electron chi connectivity index (χ0n) is 14.4. The molecule has 1 amide bonds. The molecule has 0 fully saturated rings. The molecule has 0 saturated heterocycles. The molecule has 2 aliphatic heterocycles. The van der Waals surface area contributed by atoms with Crippen molar-refractivity contribution in [3.8, 4) is 5.75 Å². The molecule has 0 aromatic heterocycles. The Morgan fingerprint density at radius 1 is 1.46 bits per heavy atom. The minimum Gasteiger partial charge on any atom is -0.488 e. The number of ether oxygens (including phenoxy) is 1. The van der Waals surface area contributed by atoms with Gasteiger partial charge in [0.2, 0.25) is 5.91 Å². The molecule has 0 bridgehead atoms. The molecule has 1 aromatic carbocycles. The van der Waals surface area contributed by atoms with E-state index in [1.54, 1.807) is 0 Å². The van der Waals surface area contributed by atoms with Gasteiger partial charge in [-0.3, -0.25) is 4.79 Å². The number of allylic oxidation sites excluding steroid dienone is 1. The van der Waals surface area contributed by atoms with Crippen molar-refractivity contribution in [3.63, 3.8) is 0 Å². The maximum atomic E-state index is 11.1. The number of nitrogens with one attached hydrogen (secondary N) is 1. The molecule has 1 aliphatic carbocycles. The number of amides is 1. The molecule has 24 heavy (non-hydrogen) atoms. The van der Waals surface area contributed by atoms with E-state index in [9.17, 15) is 4.79 Å². The summed E-state index contributed by atoms with van der Waals surface area (Å²) in [7, 11) is 2.18. The fourth-order valence-electron chi connectivity index (χ4n) is 4.26. The second-order valence-electron chi connectivity index (χ2n) is 7.24. The average molecular weight is 325 g/mol. The van der Waals surface area contributed by atoms with Crippen LogP contribution in [0.25, 0.3) is 0 Å². The first-order valence-electron chi connectivity index (χ1n) is 8.49. The van der Waals surface area contributed by atoms with Gasteiger partial charge in [-0.25, -0.2) is 5.43 Å². The molecule has 5 nitrogen and oxygen atoms in total. The number of carbonyl (C=O) groups is 1. The van der Waals surface area contributed by atoms with Gasteiger partial charge in [0.05, 0.1) is 11.1 Å². The van der Waals surface area contributed by atoms with Gasteiger partial charge < -0.3 is 9.64 Å². The minimum absolute atomic E-state index is 0.0528. The van der Waals surface area contributed by atoms with Gasteiger partial charge in [0.25, 0.3) is 0 Å². The van der Waals surface area contributed by atoms with Crippen LogP contribution in [0.2, 0.25) is 0 Å². The SMILES string of the molecule is CC(=O)N/N=C1/C=C[C@@]23CCN(C)Cc4cc(C)cc(c42)OC3C1. The predicted octanol–water partition coefficient (Wildman–Crippen LogP) is 2.28. The summed E-state index contributed by atoms with van der Waals surface area (Å²) >= 11 is 0. The van der Waals surface area contributed by atoms with Gasteiger partial charge in [-0.2, -0.15) is 5.10 Å². The molecule has 1 unspecified atom stereocenters. The van der Waals surface area contributed by atoms with Crippen molar-refractivity contribution in [2.24, 2.45) is 5.10 Å². The Morgan fingerprint density at radius 3 is 3.08 bits per heavy atom. The fourth-order valence-corrected chi connectivity index (χ4v) is 4.26. The summed E-state index contributed by atoms with van der Waals surface area (Å²) < 4.78 is 6.37. The summed E-state index contributed by atoms with van der Waals surface area (Å²) in [6, 6.07) is 4.45. The number of aryl methyl sites for hydroxylation is 1. The first kappa shape index (κ1) is 15.4. The molecule has 2 heterocycles. The number of hydrogen-bond donors (Lipinski definition) is 1. The normalized spacial score (nSPS) is 29.6. The van der Waals surface area contributed by atoms with E-state index in [2.05, 4.69) is 53.7 Å². The van der Waals surface area contributed by atoms with Gasteiger partial charge >= 0.3 is 0 Å². The molecule has 0 saturated carbocycles. The largest absolute Gasteiger partial charge is 0.488 e. The number of benzene rings is 1. The van der Waals surface area contributed by atoms with Gasteiger partial charge in [0.1, 0.15) is 11.9 Å². The van der Waals surface area contributed by atoms with Gasteiger partial charge in [0, 0.05) is 25.5 Å². The van der Waals surface area contributed by atoms with Crippen LogP contribution in [-0.2, 0) is 16.8 Å². The smallest absolute Gasteiger partial charge is 0.236 e. The maximum absolute atomic E-state index is 11.1. The van der Waals surface area contributed by atoms with Gasteiger partial charge in [-0.15, -0.1) is 0 Å². The van der Waals surface area contributed by atoms with E-state index in [0.29, 0.717) is 6.42 Å². The Hall–Kier alpha value is -2.14. The number of nitrogens with zero attached hydrogens (tertiary/aromatic N) is 2. The standard InChI is InChI=1S/C19H23N3O2/c1-12-8-14-11-22(3)7-6-19-5-4-15(21-20-13(2)23)10-17(19)24-16(9-12)18(14)19/h4-5,8-9,17H,6-7,10-11H2,1-3H3,(H,20,23)/b21-15-/t17?,19-/m0/s1. The Balaban J connectivity index is 1.79. The van der Waals surface area contributed by atoms with E-state index in [1.165, 1.54) is 23.6 Å². The van der Waals surface area contributed by atoms with E-state index >= 15 is 0 Å². The lowest BCUT2D eigenvalue weighted by Crippen LogP contribution is -2.42. The zero-order valence-corrected chi connectivity index (χ0v) is 14.4. The van der Waals surface area contributed by atoms with Crippen molar-refractivity contribution in [3.05, 3.63) is 41.0 Å². The summed E-state index contributed by atoms with van der Waals surface area (Å²) in [6.45, 7) is 5.59. The van der Waals surface area contributed by atoms with Crippen molar-refractivity contribution < 1.29 is 9.53 Å². The van der Waals surface area contributed by atoms with E-state index in [-0.39, 0.29) is 17.4 Å². The van der Waals surface area contributed by atoms with Crippen LogP contribution in [0.3, 0.4) is 0 Å². The second-order valence-corrected chi connectivity index (χ2v) is 7.24. The lowest BCUT2D eigenvalue weighted by Gasteiger charge is -2.34. The highest BCUT2D eigenvalue weighted by molar-refractivity contribution is 5.97. The highest BCUT2D eigenvalue weighted by Crippen LogP contribution is 2.52. The van der Waals surface area contributed by atoms with E-state index < -0.39 is 0 Å². The summed E-state index contributed by atoms with van der Waals surface area (Å²) in [5.74, 6) is 0.872. The molecule has 1 N–H and O–H groups in total.